The van der Waals surface area contributed by atoms with Crippen molar-refractivity contribution in [1.29, 1.82) is 5.26 Å². The quantitative estimate of drug-likeness (QED) is 0.553. The van der Waals surface area contributed by atoms with Crippen LogP contribution in [0.25, 0.3) is 10.9 Å². The number of halogens is 3. The van der Waals surface area contributed by atoms with Crippen molar-refractivity contribution in [2.75, 3.05) is 31.1 Å². The number of nitriles is 1. The second-order valence-electron chi connectivity index (χ2n) is 8.70. The van der Waals surface area contributed by atoms with Gasteiger partial charge in [-0.3, -0.25) is 14.6 Å². The van der Waals surface area contributed by atoms with E-state index >= 15 is 0 Å². The molecule has 1 saturated heterocycles. The molecule has 0 saturated carbocycles. The molecule has 1 fully saturated rings. The molecule has 3 rings (SSSR count). The maximum Gasteiger partial charge on any atom is 0.393 e. The van der Waals surface area contributed by atoms with Crippen molar-refractivity contribution in [1.82, 2.24) is 9.88 Å². The zero-order valence-electron chi connectivity index (χ0n) is 19.4. The number of ketones is 1. The van der Waals surface area contributed by atoms with Crippen LogP contribution < -0.4 is 4.90 Å². The van der Waals surface area contributed by atoms with Crippen molar-refractivity contribution in [3.63, 3.8) is 0 Å². The third-order valence-corrected chi connectivity index (χ3v) is 6.46. The van der Waals surface area contributed by atoms with Crippen LogP contribution in [0.3, 0.4) is 0 Å². The van der Waals surface area contributed by atoms with E-state index in [4.69, 9.17) is 0 Å². The fraction of sp³-hybridized carbons (Fsp3) is 0.520. The fourth-order valence-electron chi connectivity index (χ4n) is 4.71. The smallest absolute Gasteiger partial charge is 0.370 e. The number of carbonyl (C=O) groups is 2. The van der Waals surface area contributed by atoms with Crippen LogP contribution in [0.15, 0.2) is 30.5 Å². The first kappa shape index (κ1) is 25.5. The number of Topliss-reactive ketones (excluding diaryl/α,β-unsaturated/α-hetero) is 1. The lowest BCUT2D eigenvalue weighted by Gasteiger charge is -2.40. The Morgan fingerprint density at radius 3 is 2.56 bits per heavy atom. The van der Waals surface area contributed by atoms with E-state index in [1.807, 2.05) is 13.8 Å². The average Bonchev–Trinajstić information content (AvgIpc) is 2.82. The first-order chi connectivity index (χ1) is 16.2. The van der Waals surface area contributed by atoms with E-state index < -0.39 is 18.0 Å². The first-order valence-electron chi connectivity index (χ1n) is 11.6. The molecule has 0 spiro atoms. The molecule has 1 aromatic carbocycles. The molecular formula is C25H29F3N4O2. The number of nitrogens with zero attached hydrogens (tertiary/aromatic N) is 4. The number of aromatic nitrogens is 1. The van der Waals surface area contributed by atoms with Crippen LogP contribution in [-0.4, -0.2) is 53.9 Å². The van der Waals surface area contributed by atoms with Gasteiger partial charge in [0.25, 0.3) is 0 Å². The Kier molecular flexibility index (Phi) is 8.13. The van der Waals surface area contributed by atoms with E-state index in [0.717, 1.165) is 0 Å². The summed E-state index contributed by atoms with van der Waals surface area (Å²) in [5.74, 6) is -2.37. The van der Waals surface area contributed by atoms with E-state index in [-0.39, 0.29) is 50.5 Å². The Labute approximate surface area is 197 Å². The van der Waals surface area contributed by atoms with Gasteiger partial charge in [0, 0.05) is 62.7 Å². The number of benzene rings is 1. The molecule has 1 aromatic heterocycles. The maximum atomic E-state index is 13.8. The van der Waals surface area contributed by atoms with Gasteiger partial charge in [0.1, 0.15) is 11.9 Å². The van der Waals surface area contributed by atoms with Crippen LogP contribution in [0, 0.1) is 23.2 Å². The molecule has 34 heavy (non-hydrogen) atoms. The number of amides is 1. The molecule has 0 aliphatic carbocycles. The Balaban J connectivity index is 1.79. The molecule has 2 atom stereocenters. The number of pyridine rings is 1. The molecule has 9 heteroatoms. The summed E-state index contributed by atoms with van der Waals surface area (Å²) in [6, 6.07) is 8.73. The summed E-state index contributed by atoms with van der Waals surface area (Å²) >= 11 is 0. The van der Waals surface area contributed by atoms with Gasteiger partial charge >= 0.3 is 6.18 Å². The number of rotatable bonds is 8. The standard InChI is InChI=1S/C25H29F3N4O2/c1-3-31(4-2)23(34)10-8-20(33)13-17-12-19(25(26,27)28)16-32(15-17)22-9-7-18(14-29)24-21(22)6-5-11-30-24/h5-7,9,11,17,19H,3-4,8,10,12-13,15-16H2,1-2H3/t17-,19-/m0/s1. The molecule has 0 unspecified atom stereocenters. The number of hydrogen-bond acceptors (Lipinski definition) is 5. The SMILES string of the molecule is CCN(CC)C(=O)CCC(=O)C[C@@H]1C[C@H](C(F)(F)F)CN(c2ccc(C#N)c3ncccc23)C1. The van der Waals surface area contributed by atoms with E-state index in [1.165, 1.54) is 0 Å². The lowest BCUT2D eigenvalue weighted by Crippen LogP contribution is -2.46. The van der Waals surface area contributed by atoms with Crippen molar-refractivity contribution in [2.24, 2.45) is 11.8 Å². The molecule has 0 bridgehead atoms. The highest BCUT2D eigenvalue weighted by Gasteiger charge is 2.45. The summed E-state index contributed by atoms with van der Waals surface area (Å²) in [5.41, 5.74) is 1.37. The second kappa shape index (κ2) is 10.9. The molecule has 1 aliphatic heterocycles. The topological polar surface area (TPSA) is 77.3 Å². The average molecular weight is 475 g/mol. The van der Waals surface area contributed by atoms with Crippen LogP contribution >= 0.6 is 0 Å². The largest absolute Gasteiger partial charge is 0.393 e. The van der Waals surface area contributed by atoms with Gasteiger partial charge in [0.15, 0.2) is 0 Å². The molecule has 0 radical (unpaired) electrons. The first-order valence-corrected chi connectivity index (χ1v) is 11.6. The molecule has 2 aromatic rings. The van der Waals surface area contributed by atoms with Gasteiger partial charge in [-0.1, -0.05) is 0 Å². The number of carbonyl (C=O) groups excluding carboxylic acids is 2. The van der Waals surface area contributed by atoms with Crippen molar-refractivity contribution in [3.8, 4) is 6.07 Å². The summed E-state index contributed by atoms with van der Waals surface area (Å²) in [7, 11) is 0. The molecule has 1 aliphatic rings. The van der Waals surface area contributed by atoms with Crippen LogP contribution in [0.5, 0.6) is 0 Å². The Hall–Kier alpha value is -3.15. The van der Waals surface area contributed by atoms with E-state index in [0.29, 0.717) is 35.2 Å². The summed E-state index contributed by atoms with van der Waals surface area (Å²) < 4.78 is 41.3. The Morgan fingerprint density at radius 1 is 1.18 bits per heavy atom. The normalized spacial score (nSPS) is 18.5. The molecule has 2 heterocycles. The molecule has 0 N–H and O–H groups in total. The minimum Gasteiger partial charge on any atom is -0.370 e. The zero-order valence-corrected chi connectivity index (χ0v) is 19.4. The third-order valence-electron chi connectivity index (χ3n) is 6.46. The van der Waals surface area contributed by atoms with Gasteiger partial charge in [0.2, 0.25) is 5.91 Å². The predicted octanol–water partition coefficient (Wildman–Crippen LogP) is 4.72. The van der Waals surface area contributed by atoms with Crippen LogP contribution in [0.2, 0.25) is 0 Å². The van der Waals surface area contributed by atoms with Gasteiger partial charge < -0.3 is 9.80 Å². The summed E-state index contributed by atoms with van der Waals surface area (Å²) in [4.78, 5) is 32.3. The lowest BCUT2D eigenvalue weighted by molar-refractivity contribution is -0.179. The van der Waals surface area contributed by atoms with E-state index in [9.17, 15) is 28.0 Å². The van der Waals surface area contributed by atoms with Crippen molar-refractivity contribution in [3.05, 3.63) is 36.0 Å². The Morgan fingerprint density at radius 2 is 1.91 bits per heavy atom. The molecular weight excluding hydrogens is 445 g/mol. The highest BCUT2D eigenvalue weighted by Crippen LogP contribution is 2.40. The molecule has 182 valence electrons. The van der Waals surface area contributed by atoms with E-state index in [2.05, 4.69) is 11.1 Å². The third kappa shape index (κ3) is 5.85. The van der Waals surface area contributed by atoms with Crippen LogP contribution in [-0.2, 0) is 9.59 Å². The van der Waals surface area contributed by atoms with Crippen molar-refractivity contribution in [2.45, 2.75) is 45.7 Å². The summed E-state index contributed by atoms with van der Waals surface area (Å²) in [5, 5.41) is 9.98. The number of piperidine rings is 1. The lowest BCUT2D eigenvalue weighted by atomic mass is 9.84. The fourth-order valence-corrected chi connectivity index (χ4v) is 4.71. The van der Waals surface area contributed by atoms with Gasteiger partial charge in [-0.15, -0.1) is 0 Å². The minimum absolute atomic E-state index is 0.00106. The minimum atomic E-state index is -4.39. The van der Waals surface area contributed by atoms with Crippen LogP contribution in [0.4, 0.5) is 18.9 Å². The highest BCUT2D eigenvalue weighted by atomic mass is 19.4. The highest BCUT2D eigenvalue weighted by molar-refractivity contribution is 5.95. The summed E-state index contributed by atoms with van der Waals surface area (Å²) in [6.45, 7) is 4.91. The van der Waals surface area contributed by atoms with Crippen molar-refractivity contribution >= 4 is 28.3 Å². The van der Waals surface area contributed by atoms with Gasteiger partial charge in [-0.2, -0.15) is 18.4 Å². The number of anilines is 1. The number of alkyl halides is 3. The van der Waals surface area contributed by atoms with E-state index in [1.54, 1.807) is 40.3 Å². The number of hydrogen-bond donors (Lipinski definition) is 0. The zero-order chi connectivity index (χ0) is 24.9. The summed E-state index contributed by atoms with van der Waals surface area (Å²) in [6.07, 6.45) is -2.86. The maximum absolute atomic E-state index is 13.8. The van der Waals surface area contributed by atoms with Gasteiger partial charge in [0.05, 0.1) is 17.0 Å². The second-order valence-corrected chi connectivity index (χ2v) is 8.70. The van der Waals surface area contributed by atoms with Gasteiger partial charge in [-0.05, 0) is 50.5 Å². The van der Waals surface area contributed by atoms with Crippen molar-refractivity contribution < 1.29 is 22.8 Å². The predicted molar refractivity (Wildman–Crippen MR) is 123 cm³/mol. The Bertz CT molecular complexity index is 1080. The number of fused-ring (bicyclic) bond motifs is 1. The molecule has 1 amide bonds. The van der Waals surface area contributed by atoms with Crippen LogP contribution in [0.1, 0.15) is 45.1 Å². The van der Waals surface area contributed by atoms with Gasteiger partial charge in [-0.25, -0.2) is 0 Å². The monoisotopic (exact) mass is 474 g/mol. The molecule has 6 nitrogen and oxygen atoms in total.